The first kappa shape index (κ1) is 12.6. The van der Waals surface area contributed by atoms with E-state index in [9.17, 15) is 4.79 Å². The van der Waals surface area contributed by atoms with Gasteiger partial charge in [0, 0.05) is 18.3 Å². The van der Waals surface area contributed by atoms with E-state index in [0.717, 1.165) is 16.5 Å². The molecule has 18 heavy (non-hydrogen) atoms. The second-order valence-electron chi connectivity index (χ2n) is 4.58. The van der Waals surface area contributed by atoms with Crippen molar-refractivity contribution in [2.75, 3.05) is 0 Å². The Morgan fingerprint density at radius 3 is 2.83 bits per heavy atom. The van der Waals surface area contributed by atoms with Crippen LogP contribution in [0.4, 0.5) is 0 Å². The van der Waals surface area contributed by atoms with Gasteiger partial charge in [0.25, 0.3) is 0 Å². The van der Waals surface area contributed by atoms with E-state index in [4.69, 9.17) is 10.5 Å². The highest BCUT2D eigenvalue weighted by molar-refractivity contribution is 5.82. The molecule has 0 bridgehead atoms. The third-order valence-electron chi connectivity index (χ3n) is 2.74. The molecule has 0 aliphatic carbocycles. The lowest BCUT2D eigenvalue weighted by Crippen LogP contribution is -2.17. The number of hydrogen-bond acceptors (Lipinski definition) is 3. The predicted molar refractivity (Wildman–Crippen MR) is 71.1 cm³/mol. The maximum atomic E-state index is 11.7. The number of hydrogen-bond donors (Lipinski definition) is 1. The predicted octanol–water partition coefficient (Wildman–Crippen LogP) is 2.05. The third kappa shape index (κ3) is 2.71. The zero-order valence-electron chi connectivity index (χ0n) is 10.7. The van der Waals surface area contributed by atoms with Crippen LogP contribution in [0, 0.1) is 0 Å². The number of carbonyl (C=O) groups excluding carboxylic acids is 1. The fourth-order valence-corrected chi connectivity index (χ4v) is 1.93. The van der Waals surface area contributed by atoms with Crippen LogP contribution in [-0.4, -0.2) is 16.6 Å². The molecule has 2 aromatic rings. The molecule has 0 aliphatic rings. The summed E-state index contributed by atoms with van der Waals surface area (Å²) in [6.45, 7) is 4.42. The summed E-state index contributed by atoms with van der Waals surface area (Å²) >= 11 is 0. The van der Waals surface area contributed by atoms with Crippen LogP contribution >= 0.6 is 0 Å². The SMILES string of the molecule is CC(C)OC(=O)Cn1ccc2ccc(CN)cc21. The van der Waals surface area contributed by atoms with E-state index < -0.39 is 0 Å². The van der Waals surface area contributed by atoms with E-state index in [1.54, 1.807) is 0 Å². The molecule has 1 heterocycles. The minimum absolute atomic E-state index is 0.0843. The number of fused-ring (bicyclic) bond motifs is 1. The van der Waals surface area contributed by atoms with Gasteiger partial charge in [-0.2, -0.15) is 0 Å². The van der Waals surface area contributed by atoms with Crippen LogP contribution in [0.15, 0.2) is 30.5 Å². The molecule has 4 heteroatoms. The summed E-state index contributed by atoms with van der Waals surface area (Å²) in [4.78, 5) is 11.7. The molecule has 2 rings (SSSR count). The van der Waals surface area contributed by atoms with Crippen molar-refractivity contribution in [1.82, 2.24) is 4.57 Å². The van der Waals surface area contributed by atoms with Crippen molar-refractivity contribution >= 4 is 16.9 Å². The van der Waals surface area contributed by atoms with Gasteiger partial charge in [-0.25, -0.2) is 0 Å². The minimum atomic E-state index is -0.222. The molecule has 0 amide bonds. The van der Waals surface area contributed by atoms with Crippen molar-refractivity contribution < 1.29 is 9.53 Å². The molecule has 0 atom stereocenters. The summed E-state index contributed by atoms with van der Waals surface area (Å²) in [6.07, 6.45) is 1.81. The second kappa shape index (κ2) is 5.23. The number of nitrogens with zero attached hydrogens (tertiary/aromatic N) is 1. The first-order chi connectivity index (χ1) is 8.60. The number of nitrogens with two attached hydrogens (primary N) is 1. The van der Waals surface area contributed by atoms with Gasteiger partial charge in [0.05, 0.1) is 6.10 Å². The van der Waals surface area contributed by atoms with Crippen LogP contribution in [0.3, 0.4) is 0 Å². The summed E-state index contributed by atoms with van der Waals surface area (Å²) in [6, 6.07) is 8.01. The molecule has 0 unspecified atom stereocenters. The molecule has 0 radical (unpaired) electrons. The van der Waals surface area contributed by atoms with Crippen molar-refractivity contribution in [2.24, 2.45) is 5.73 Å². The largest absolute Gasteiger partial charge is 0.462 e. The summed E-state index contributed by atoms with van der Waals surface area (Å²) in [5.74, 6) is -0.222. The van der Waals surface area contributed by atoms with Crippen molar-refractivity contribution in [3.05, 3.63) is 36.0 Å². The van der Waals surface area contributed by atoms with Gasteiger partial charge < -0.3 is 15.0 Å². The molecule has 4 nitrogen and oxygen atoms in total. The first-order valence-electron chi connectivity index (χ1n) is 6.07. The van der Waals surface area contributed by atoms with Crippen LogP contribution in [0.25, 0.3) is 10.9 Å². The van der Waals surface area contributed by atoms with E-state index in [1.807, 2.05) is 48.9 Å². The minimum Gasteiger partial charge on any atom is -0.462 e. The second-order valence-corrected chi connectivity index (χ2v) is 4.58. The number of ether oxygens (including phenoxy) is 1. The smallest absolute Gasteiger partial charge is 0.326 e. The molecule has 96 valence electrons. The Labute approximate surface area is 106 Å². The van der Waals surface area contributed by atoms with Gasteiger partial charge in [0.2, 0.25) is 0 Å². The van der Waals surface area contributed by atoms with Gasteiger partial charge >= 0.3 is 5.97 Å². The van der Waals surface area contributed by atoms with E-state index in [-0.39, 0.29) is 18.6 Å². The van der Waals surface area contributed by atoms with Gasteiger partial charge in [0.15, 0.2) is 0 Å². The Kier molecular flexibility index (Phi) is 3.67. The number of benzene rings is 1. The van der Waals surface area contributed by atoms with E-state index >= 15 is 0 Å². The van der Waals surface area contributed by atoms with Gasteiger partial charge in [-0.15, -0.1) is 0 Å². The molecule has 0 aliphatic heterocycles. The molecular weight excluding hydrogens is 228 g/mol. The van der Waals surface area contributed by atoms with Crippen molar-refractivity contribution in [1.29, 1.82) is 0 Å². The Balaban J connectivity index is 2.25. The average Bonchev–Trinajstić information content (AvgIpc) is 2.70. The summed E-state index contributed by atoms with van der Waals surface area (Å²) in [5, 5.41) is 1.10. The normalized spacial score (nSPS) is 11.1. The monoisotopic (exact) mass is 246 g/mol. The van der Waals surface area contributed by atoms with Crippen LogP contribution in [0.5, 0.6) is 0 Å². The first-order valence-corrected chi connectivity index (χ1v) is 6.07. The number of aromatic nitrogens is 1. The van der Waals surface area contributed by atoms with Gasteiger partial charge in [-0.3, -0.25) is 4.79 Å². The zero-order valence-corrected chi connectivity index (χ0v) is 10.7. The Morgan fingerprint density at radius 1 is 1.39 bits per heavy atom. The number of rotatable bonds is 4. The van der Waals surface area contributed by atoms with Crippen LogP contribution in [-0.2, 0) is 22.6 Å². The maximum absolute atomic E-state index is 11.7. The zero-order chi connectivity index (χ0) is 13.1. The van der Waals surface area contributed by atoms with Crippen molar-refractivity contribution in [3.8, 4) is 0 Å². The van der Waals surface area contributed by atoms with Gasteiger partial charge in [0.1, 0.15) is 6.54 Å². The highest BCUT2D eigenvalue weighted by Crippen LogP contribution is 2.17. The van der Waals surface area contributed by atoms with E-state index in [2.05, 4.69) is 0 Å². The molecule has 2 N–H and O–H groups in total. The fraction of sp³-hybridized carbons (Fsp3) is 0.357. The van der Waals surface area contributed by atoms with E-state index in [0.29, 0.717) is 6.54 Å². The quantitative estimate of drug-likeness (QED) is 0.840. The van der Waals surface area contributed by atoms with Crippen LogP contribution in [0.1, 0.15) is 19.4 Å². The summed E-state index contributed by atoms with van der Waals surface area (Å²) in [5.41, 5.74) is 7.69. The third-order valence-corrected chi connectivity index (χ3v) is 2.74. The molecule has 0 saturated carbocycles. The van der Waals surface area contributed by atoms with Crippen LogP contribution in [0.2, 0.25) is 0 Å². The lowest BCUT2D eigenvalue weighted by molar-refractivity contribution is -0.148. The standard InChI is InChI=1S/C14H18N2O2/c1-10(2)18-14(17)9-16-6-5-12-4-3-11(8-15)7-13(12)16/h3-7,10H,8-9,15H2,1-2H3. The Morgan fingerprint density at radius 2 is 2.17 bits per heavy atom. The number of esters is 1. The Bertz CT molecular complexity index is 558. The molecule has 0 spiro atoms. The molecule has 0 saturated heterocycles. The van der Waals surface area contributed by atoms with Gasteiger partial charge in [-0.05, 0) is 36.9 Å². The lowest BCUT2D eigenvalue weighted by Gasteiger charge is -2.09. The molecule has 1 aromatic carbocycles. The Hall–Kier alpha value is -1.81. The maximum Gasteiger partial charge on any atom is 0.326 e. The van der Waals surface area contributed by atoms with Crippen LogP contribution < -0.4 is 5.73 Å². The highest BCUT2D eigenvalue weighted by atomic mass is 16.5. The fourth-order valence-electron chi connectivity index (χ4n) is 1.93. The molecule has 1 aromatic heterocycles. The van der Waals surface area contributed by atoms with Crippen molar-refractivity contribution in [3.63, 3.8) is 0 Å². The lowest BCUT2D eigenvalue weighted by atomic mass is 10.1. The summed E-state index contributed by atoms with van der Waals surface area (Å²) < 4.78 is 7.03. The van der Waals surface area contributed by atoms with Crippen molar-refractivity contribution in [2.45, 2.75) is 33.0 Å². The number of carbonyl (C=O) groups is 1. The molecular formula is C14H18N2O2. The topological polar surface area (TPSA) is 57.2 Å². The van der Waals surface area contributed by atoms with Gasteiger partial charge in [-0.1, -0.05) is 12.1 Å². The highest BCUT2D eigenvalue weighted by Gasteiger charge is 2.09. The molecule has 0 fully saturated rings. The average molecular weight is 246 g/mol. The van der Waals surface area contributed by atoms with E-state index in [1.165, 1.54) is 0 Å². The summed E-state index contributed by atoms with van der Waals surface area (Å²) in [7, 11) is 0.